The number of carboxylic acids is 1. The number of carbonyl (C=O) groups is 1. The number of morpholine rings is 1. The normalized spacial score (nSPS) is 20.3. The van der Waals surface area contributed by atoms with Crippen LogP contribution in [0.1, 0.15) is 30.0 Å². The van der Waals surface area contributed by atoms with E-state index in [2.05, 4.69) is 4.90 Å². The Kier molecular flexibility index (Phi) is 5.11. The SMILES string of the molecule is CC1(C)CN(Cc2occc2C(=O)O)CC(COc2ccccc2)O1. The van der Waals surface area contributed by atoms with Gasteiger partial charge in [0.05, 0.1) is 18.4 Å². The molecule has 0 amide bonds. The van der Waals surface area contributed by atoms with Gasteiger partial charge in [-0.3, -0.25) is 4.90 Å². The molecule has 6 nitrogen and oxygen atoms in total. The number of hydrogen-bond donors (Lipinski definition) is 1. The Hall–Kier alpha value is -2.31. The number of para-hydroxylation sites is 1. The van der Waals surface area contributed by atoms with Gasteiger partial charge in [0.25, 0.3) is 0 Å². The van der Waals surface area contributed by atoms with Gasteiger partial charge in [0.2, 0.25) is 0 Å². The third kappa shape index (κ3) is 4.61. The average molecular weight is 345 g/mol. The van der Waals surface area contributed by atoms with E-state index in [0.717, 1.165) is 5.75 Å². The summed E-state index contributed by atoms with van der Waals surface area (Å²) >= 11 is 0. The number of hydrogen-bond acceptors (Lipinski definition) is 5. The van der Waals surface area contributed by atoms with Crippen molar-refractivity contribution in [2.45, 2.75) is 32.1 Å². The van der Waals surface area contributed by atoms with E-state index in [9.17, 15) is 9.90 Å². The Morgan fingerprint density at radius 3 is 2.80 bits per heavy atom. The summed E-state index contributed by atoms with van der Waals surface area (Å²) in [5.41, 5.74) is -0.139. The Morgan fingerprint density at radius 1 is 1.32 bits per heavy atom. The molecular formula is C19H23NO5. The fourth-order valence-corrected chi connectivity index (χ4v) is 3.19. The van der Waals surface area contributed by atoms with Crippen LogP contribution in [0, 0.1) is 0 Å². The molecule has 6 heteroatoms. The molecule has 0 saturated carbocycles. The van der Waals surface area contributed by atoms with Crippen LogP contribution < -0.4 is 4.74 Å². The van der Waals surface area contributed by atoms with E-state index in [-0.39, 0.29) is 17.3 Å². The van der Waals surface area contributed by atoms with Crippen molar-refractivity contribution >= 4 is 5.97 Å². The van der Waals surface area contributed by atoms with E-state index in [1.54, 1.807) is 0 Å². The molecule has 0 spiro atoms. The van der Waals surface area contributed by atoms with Crippen molar-refractivity contribution in [3.05, 3.63) is 54.0 Å². The third-order valence-corrected chi connectivity index (χ3v) is 4.07. The van der Waals surface area contributed by atoms with Gasteiger partial charge in [-0.05, 0) is 32.0 Å². The van der Waals surface area contributed by atoms with Crippen LogP contribution in [-0.4, -0.2) is 47.4 Å². The molecule has 2 aromatic rings. The molecule has 1 aliphatic heterocycles. The van der Waals surface area contributed by atoms with Crippen molar-refractivity contribution in [2.75, 3.05) is 19.7 Å². The van der Waals surface area contributed by atoms with Crippen molar-refractivity contribution in [3.8, 4) is 5.75 Å². The summed E-state index contributed by atoms with van der Waals surface area (Å²) in [6.45, 7) is 6.26. The molecule has 1 N–H and O–H groups in total. The average Bonchev–Trinajstić information content (AvgIpc) is 3.01. The second-order valence-corrected chi connectivity index (χ2v) is 6.86. The number of carboxylic acid groups (broad SMARTS) is 1. The second-order valence-electron chi connectivity index (χ2n) is 6.86. The number of nitrogens with zero attached hydrogens (tertiary/aromatic N) is 1. The summed E-state index contributed by atoms with van der Waals surface area (Å²) in [7, 11) is 0. The maximum absolute atomic E-state index is 11.3. The first kappa shape index (κ1) is 17.5. The molecule has 1 saturated heterocycles. The predicted molar refractivity (Wildman–Crippen MR) is 91.8 cm³/mol. The van der Waals surface area contributed by atoms with E-state index in [4.69, 9.17) is 13.9 Å². The predicted octanol–water partition coefficient (Wildman–Crippen LogP) is 3.04. The van der Waals surface area contributed by atoms with Crippen LogP contribution >= 0.6 is 0 Å². The van der Waals surface area contributed by atoms with Crippen LogP contribution in [0.4, 0.5) is 0 Å². The van der Waals surface area contributed by atoms with E-state index in [0.29, 0.717) is 32.0 Å². The van der Waals surface area contributed by atoms with Crippen LogP contribution in [0.2, 0.25) is 0 Å². The lowest BCUT2D eigenvalue weighted by atomic mass is 10.0. The molecule has 1 fully saturated rings. The van der Waals surface area contributed by atoms with Gasteiger partial charge in [0.1, 0.15) is 29.8 Å². The van der Waals surface area contributed by atoms with Crippen molar-refractivity contribution in [2.24, 2.45) is 0 Å². The van der Waals surface area contributed by atoms with Crippen LogP contribution in [0.15, 0.2) is 47.1 Å². The smallest absolute Gasteiger partial charge is 0.339 e. The summed E-state index contributed by atoms with van der Waals surface area (Å²) in [6, 6.07) is 11.1. The third-order valence-electron chi connectivity index (χ3n) is 4.07. The summed E-state index contributed by atoms with van der Waals surface area (Å²) < 4.78 is 17.3. The van der Waals surface area contributed by atoms with Crippen molar-refractivity contribution in [1.29, 1.82) is 0 Å². The summed E-state index contributed by atoms with van der Waals surface area (Å²) in [5, 5.41) is 9.23. The Balaban J connectivity index is 1.64. The fourth-order valence-electron chi connectivity index (χ4n) is 3.19. The minimum Gasteiger partial charge on any atom is -0.491 e. The van der Waals surface area contributed by atoms with E-state index in [1.807, 2.05) is 44.2 Å². The summed E-state index contributed by atoms with van der Waals surface area (Å²) in [4.78, 5) is 13.4. The van der Waals surface area contributed by atoms with Crippen LogP contribution in [0.5, 0.6) is 5.75 Å². The molecule has 1 aromatic heterocycles. The molecule has 1 atom stereocenters. The first-order valence-electron chi connectivity index (χ1n) is 8.31. The van der Waals surface area contributed by atoms with E-state index < -0.39 is 5.97 Å². The van der Waals surface area contributed by atoms with Crippen LogP contribution in [-0.2, 0) is 11.3 Å². The zero-order valence-electron chi connectivity index (χ0n) is 14.5. The molecule has 1 unspecified atom stereocenters. The van der Waals surface area contributed by atoms with Gasteiger partial charge >= 0.3 is 5.97 Å². The summed E-state index contributed by atoms with van der Waals surface area (Å²) in [5.74, 6) is 0.299. The quantitative estimate of drug-likeness (QED) is 0.868. The van der Waals surface area contributed by atoms with E-state index >= 15 is 0 Å². The maximum atomic E-state index is 11.3. The maximum Gasteiger partial charge on any atom is 0.339 e. The molecule has 3 rings (SSSR count). The number of furan rings is 1. The van der Waals surface area contributed by atoms with Gasteiger partial charge in [-0.1, -0.05) is 18.2 Å². The van der Waals surface area contributed by atoms with Gasteiger partial charge in [-0.25, -0.2) is 4.79 Å². The van der Waals surface area contributed by atoms with Crippen LogP contribution in [0.3, 0.4) is 0 Å². The first-order chi connectivity index (χ1) is 11.9. The second kappa shape index (κ2) is 7.29. The molecular weight excluding hydrogens is 322 g/mol. The van der Waals surface area contributed by atoms with Crippen LogP contribution in [0.25, 0.3) is 0 Å². The largest absolute Gasteiger partial charge is 0.491 e. The zero-order valence-corrected chi connectivity index (χ0v) is 14.5. The molecule has 25 heavy (non-hydrogen) atoms. The molecule has 0 aliphatic carbocycles. The van der Waals surface area contributed by atoms with Gasteiger partial charge in [-0.15, -0.1) is 0 Å². The molecule has 0 bridgehead atoms. The highest BCUT2D eigenvalue weighted by atomic mass is 16.5. The van der Waals surface area contributed by atoms with Crippen molar-refractivity contribution in [3.63, 3.8) is 0 Å². The lowest BCUT2D eigenvalue weighted by molar-refractivity contribution is -0.148. The standard InChI is InChI=1S/C19H23NO5/c1-19(2)13-20(11-17-16(18(21)22)8-9-23-17)10-15(25-19)12-24-14-6-4-3-5-7-14/h3-9,15H,10-13H2,1-2H3,(H,21,22). The zero-order chi connectivity index (χ0) is 17.9. The topological polar surface area (TPSA) is 72.1 Å². The van der Waals surface area contributed by atoms with Gasteiger partial charge in [0.15, 0.2) is 0 Å². The molecule has 0 radical (unpaired) electrons. The number of rotatable bonds is 6. The number of benzene rings is 1. The Labute approximate surface area is 147 Å². The first-order valence-corrected chi connectivity index (χ1v) is 8.31. The van der Waals surface area contributed by atoms with Gasteiger partial charge < -0.3 is 19.0 Å². The number of aromatic carboxylic acids is 1. The molecule has 2 heterocycles. The monoisotopic (exact) mass is 345 g/mol. The highest BCUT2D eigenvalue weighted by molar-refractivity contribution is 5.88. The Bertz CT molecular complexity index is 710. The lowest BCUT2D eigenvalue weighted by Crippen LogP contribution is -2.53. The molecule has 1 aromatic carbocycles. The highest BCUT2D eigenvalue weighted by Crippen LogP contribution is 2.24. The lowest BCUT2D eigenvalue weighted by Gasteiger charge is -2.42. The molecule has 134 valence electrons. The minimum absolute atomic E-state index is 0.104. The van der Waals surface area contributed by atoms with Gasteiger partial charge in [-0.2, -0.15) is 0 Å². The van der Waals surface area contributed by atoms with Crippen molar-refractivity contribution in [1.82, 2.24) is 4.90 Å². The highest BCUT2D eigenvalue weighted by Gasteiger charge is 2.34. The Morgan fingerprint density at radius 2 is 2.08 bits per heavy atom. The van der Waals surface area contributed by atoms with E-state index in [1.165, 1.54) is 12.3 Å². The molecule has 1 aliphatic rings. The minimum atomic E-state index is -0.972. The van der Waals surface area contributed by atoms with Gasteiger partial charge in [0, 0.05) is 13.1 Å². The van der Waals surface area contributed by atoms with Crippen molar-refractivity contribution < 1.29 is 23.8 Å². The number of ether oxygens (including phenoxy) is 2. The fraction of sp³-hybridized carbons (Fsp3) is 0.421. The summed E-state index contributed by atoms with van der Waals surface area (Å²) in [6.07, 6.45) is 1.31.